The van der Waals surface area contributed by atoms with E-state index in [1.807, 2.05) is 4.90 Å². The van der Waals surface area contributed by atoms with Crippen molar-refractivity contribution >= 4 is 11.7 Å². The summed E-state index contributed by atoms with van der Waals surface area (Å²) in [6.45, 7) is 12.7. The van der Waals surface area contributed by atoms with Crippen LogP contribution in [0.4, 0.5) is 10.5 Å². The van der Waals surface area contributed by atoms with Gasteiger partial charge in [-0.05, 0) is 49.9 Å². The van der Waals surface area contributed by atoms with Gasteiger partial charge in [-0.1, -0.05) is 42.0 Å². The number of amides is 2. The quantitative estimate of drug-likeness (QED) is 0.896. The molecule has 1 fully saturated rings. The van der Waals surface area contributed by atoms with E-state index in [4.69, 9.17) is 0 Å². The standard InChI is InChI=1S/C22H29N3O/c1-16-13-18(3)21(19(4)14-16)23-22(26)25-11-9-24(10-12-25)15-20-8-6-5-7-17(20)2/h5-8,13-14H,9-12,15H2,1-4H3,(H,23,26). The van der Waals surface area contributed by atoms with Crippen molar-refractivity contribution in [1.82, 2.24) is 9.80 Å². The van der Waals surface area contributed by atoms with Crippen LogP contribution < -0.4 is 5.32 Å². The van der Waals surface area contributed by atoms with Crippen molar-refractivity contribution in [2.75, 3.05) is 31.5 Å². The molecule has 1 aliphatic heterocycles. The summed E-state index contributed by atoms with van der Waals surface area (Å²) in [6, 6.07) is 12.8. The Labute approximate surface area is 156 Å². The molecule has 2 amide bonds. The van der Waals surface area contributed by atoms with Crippen LogP contribution in [0.5, 0.6) is 0 Å². The third-order valence-corrected chi connectivity index (χ3v) is 5.22. The summed E-state index contributed by atoms with van der Waals surface area (Å²) >= 11 is 0. The topological polar surface area (TPSA) is 35.6 Å². The first-order valence-corrected chi connectivity index (χ1v) is 9.34. The Hall–Kier alpha value is -2.33. The van der Waals surface area contributed by atoms with E-state index in [-0.39, 0.29) is 6.03 Å². The molecule has 2 aromatic carbocycles. The van der Waals surface area contributed by atoms with Gasteiger partial charge < -0.3 is 10.2 Å². The SMILES string of the molecule is Cc1cc(C)c(NC(=O)N2CCN(Cc3ccccc3C)CC2)c(C)c1. The first-order chi connectivity index (χ1) is 12.4. The van der Waals surface area contributed by atoms with Crippen LogP contribution in [0.15, 0.2) is 36.4 Å². The Morgan fingerprint density at radius 2 is 1.54 bits per heavy atom. The van der Waals surface area contributed by atoms with E-state index >= 15 is 0 Å². The molecule has 138 valence electrons. The van der Waals surface area contributed by atoms with Crippen LogP contribution in [0, 0.1) is 27.7 Å². The lowest BCUT2D eigenvalue weighted by Crippen LogP contribution is -2.49. The zero-order valence-corrected chi connectivity index (χ0v) is 16.3. The molecule has 1 heterocycles. The maximum absolute atomic E-state index is 12.7. The first kappa shape index (κ1) is 18.5. The molecule has 3 rings (SSSR count). The van der Waals surface area contributed by atoms with Crippen molar-refractivity contribution in [3.8, 4) is 0 Å². The minimum Gasteiger partial charge on any atom is -0.322 e. The fourth-order valence-corrected chi connectivity index (χ4v) is 3.70. The van der Waals surface area contributed by atoms with E-state index in [1.165, 1.54) is 16.7 Å². The maximum Gasteiger partial charge on any atom is 0.321 e. The summed E-state index contributed by atoms with van der Waals surface area (Å²) in [5, 5.41) is 3.12. The lowest BCUT2D eigenvalue weighted by atomic mass is 10.1. The number of rotatable bonds is 3. The number of carbonyl (C=O) groups is 1. The number of urea groups is 1. The Bertz CT molecular complexity index is 769. The highest BCUT2D eigenvalue weighted by Gasteiger charge is 2.22. The average Bonchev–Trinajstić information content (AvgIpc) is 2.60. The highest BCUT2D eigenvalue weighted by Crippen LogP contribution is 2.22. The number of aryl methyl sites for hydroxylation is 4. The summed E-state index contributed by atoms with van der Waals surface area (Å²) < 4.78 is 0. The van der Waals surface area contributed by atoms with E-state index in [2.05, 4.69) is 74.3 Å². The molecule has 0 radical (unpaired) electrons. The van der Waals surface area contributed by atoms with Crippen LogP contribution in [0.1, 0.15) is 27.8 Å². The van der Waals surface area contributed by atoms with Crippen LogP contribution >= 0.6 is 0 Å². The largest absolute Gasteiger partial charge is 0.322 e. The third-order valence-electron chi connectivity index (χ3n) is 5.22. The Morgan fingerprint density at radius 1 is 0.923 bits per heavy atom. The lowest BCUT2D eigenvalue weighted by Gasteiger charge is -2.35. The van der Waals surface area contributed by atoms with E-state index in [0.717, 1.165) is 49.5 Å². The highest BCUT2D eigenvalue weighted by atomic mass is 16.2. The third kappa shape index (κ3) is 4.25. The van der Waals surface area contributed by atoms with Gasteiger partial charge >= 0.3 is 6.03 Å². The van der Waals surface area contributed by atoms with E-state index in [1.54, 1.807) is 0 Å². The summed E-state index contributed by atoms with van der Waals surface area (Å²) in [4.78, 5) is 17.0. The second-order valence-corrected chi connectivity index (χ2v) is 7.39. The van der Waals surface area contributed by atoms with E-state index < -0.39 is 0 Å². The molecule has 0 saturated carbocycles. The van der Waals surface area contributed by atoms with Crippen molar-refractivity contribution in [2.45, 2.75) is 34.2 Å². The van der Waals surface area contributed by atoms with Crippen LogP contribution in [0.25, 0.3) is 0 Å². The zero-order chi connectivity index (χ0) is 18.7. The molecule has 4 heteroatoms. The minimum absolute atomic E-state index is 0.00981. The van der Waals surface area contributed by atoms with Gasteiger partial charge in [-0.2, -0.15) is 0 Å². The second-order valence-electron chi connectivity index (χ2n) is 7.39. The Morgan fingerprint density at radius 3 is 2.15 bits per heavy atom. The molecule has 0 aromatic heterocycles. The predicted octanol–water partition coefficient (Wildman–Crippen LogP) is 4.27. The molecule has 0 unspecified atom stereocenters. The fourth-order valence-electron chi connectivity index (χ4n) is 3.70. The van der Waals surface area contributed by atoms with Gasteiger partial charge in [0.2, 0.25) is 0 Å². The molecule has 1 aliphatic rings. The zero-order valence-electron chi connectivity index (χ0n) is 16.3. The minimum atomic E-state index is 0.00981. The van der Waals surface area contributed by atoms with Crippen LogP contribution in [0.2, 0.25) is 0 Å². The first-order valence-electron chi connectivity index (χ1n) is 9.34. The number of hydrogen-bond acceptors (Lipinski definition) is 2. The molecule has 2 aromatic rings. The molecular formula is C22H29N3O. The second kappa shape index (κ2) is 7.92. The van der Waals surface area contributed by atoms with Crippen molar-refractivity contribution in [1.29, 1.82) is 0 Å². The number of anilines is 1. The van der Waals surface area contributed by atoms with Gasteiger partial charge in [0, 0.05) is 38.4 Å². The summed E-state index contributed by atoms with van der Waals surface area (Å²) in [5.74, 6) is 0. The van der Waals surface area contributed by atoms with Gasteiger partial charge in [0.05, 0.1) is 0 Å². The summed E-state index contributed by atoms with van der Waals surface area (Å²) in [7, 11) is 0. The Balaban J connectivity index is 1.56. The van der Waals surface area contributed by atoms with Crippen LogP contribution in [0.3, 0.4) is 0 Å². The molecule has 4 nitrogen and oxygen atoms in total. The van der Waals surface area contributed by atoms with Gasteiger partial charge in [-0.3, -0.25) is 4.90 Å². The lowest BCUT2D eigenvalue weighted by molar-refractivity contribution is 0.143. The summed E-state index contributed by atoms with van der Waals surface area (Å²) in [5.41, 5.74) is 7.11. The number of piperazine rings is 1. The van der Waals surface area contributed by atoms with Crippen molar-refractivity contribution < 1.29 is 4.79 Å². The van der Waals surface area contributed by atoms with Gasteiger partial charge in [0.25, 0.3) is 0 Å². The average molecular weight is 351 g/mol. The molecule has 0 atom stereocenters. The normalized spacial score (nSPS) is 15.2. The van der Waals surface area contributed by atoms with Crippen molar-refractivity contribution in [3.05, 3.63) is 64.2 Å². The van der Waals surface area contributed by atoms with Gasteiger partial charge in [-0.15, -0.1) is 0 Å². The molecule has 0 aliphatic carbocycles. The number of benzene rings is 2. The molecule has 26 heavy (non-hydrogen) atoms. The van der Waals surface area contributed by atoms with E-state index in [9.17, 15) is 4.79 Å². The molecule has 1 N–H and O–H groups in total. The summed E-state index contributed by atoms with van der Waals surface area (Å²) in [6.07, 6.45) is 0. The smallest absolute Gasteiger partial charge is 0.321 e. The van der Waals surface area contributed by atoms with E-state index in [0.29, 0.717) is 0 Å². The molecular weight excluding hydrogens is 322 g/mol. The van der Waals surface area contributed by atoms with Gasteiger partial charge in [0.1, 0.15) is 0 Å². The highest BCUT2D eigenvalue weighted by molar-refractivity contribution is 5.91. The number of carbonyl (C=O) groups excluding carboxylic acids is 1. The number of hydrogen-bond donors (Lipinski definition) is 1. The maximum atomic E-state index is 12.7. The van der Waals surface area contributed by atoms with Gasteiger partial charge in [0.15, 0.2) is 0 Å². The number of nitrogens with one attached hydrogen (secondary N) is 1. The predicted molar refractivity (Wildman–Crippen MR) is 108 cm³/mol. The van der Waals surface area contributed by atoms with Crippen molar-refractivity contribution in [3.63, 3.8) is 0 Å². The fraction of sp³-hybridized carbons (Fsp3) is 0.409. The monoisotopic (exact) mass is 351 g/mol. The molecule has 0 bridgehead atoms. The van der Waals surface area contributed by atoms with Crippen molar-refractivity contribution in [2.24, 2.45) is 0 Å². The number of nitrogens with zero attached hydrogens (tertiary/aromatic N) is 2. The van der Waals surface area contributed by atoms with Crippen LogP contribution in [-0.4, -0.2) is 42.0 Å². The molecule has 1 saturated heterocycles. The molecule has 0 spiro atoms. The van der Waals surface area contributed by atoms with Crippen LogP contribution in [-0.2, 0) is 6.54 Å². The van der Waals surface area contributed by atoms with Gasteiger partial charge in [-0.25, -0.2) is 4.79 Å². The Kier molecular flexibility index (Phi) is 5.62.